The highest BCUT2D eigenvalue weighted by molar-refractivity contribution is 7.13. The summed E-state index contributed by atoms with van der Waals surface area (Å²) in [5.74, 6) is 1.31. The Morgan fingerprint density at radius 3 is 2.76 bits per heavy atom. The third-order valence-electron chi connectivity index (χ3n) is 3.30. The Hall–Kier alpha value is -2.57. The van der Waals surface area contributed by atoms with Gasteiger partial charge >= 0.3 is 0 Å². The predicted octanol–water partition coefficient (Wildman–Crippen LogP) is 4.83. The van der Waals surface area contributed by atoms with Crippen molar-refractivity contribution in [3.8, 4) is 11.5 Å². The molecule has 0 atom stereocenters. The maximum absolute atomic E-state index is 5.89. The highest BCUT2D eigenvalue weighted by atomic mass is 35.5. The van der Waals surface area contributed by atoms with Crippen molar-refractivity contribution in [2.24, 2.45) is 5.10 Å². The van der Waals surface area contributed by atoms with Crippen molar-refractivity contribution in [1.82, 2.24) is 4.98 Å². The second-order valence-electron chi connectivity index (χ2n) is 5.03. The fourth-order valence-corrected chi connectivity index (χ4v) is 2.67. The van der Waals surface area contributed by atoms with Gasteiger partial charge in [0.1, 0.15) is 6.61 Å². The van der Waals surface area contributed by atoms with Gasteiger partial charge in [-0.15, -0.1) is 11.3 Å². The lowest BCUT2D eigenvalue weighted by Crippen LogP contribution is -1.98. The van der Waals surface area contributed by atoms with E-state index in [1.807, 2.05) is 47.8 Å². The number of aromatic nitrogens is 1. The van der Waals surface area contributed by atoms with E-state index in [4.69, 9.17) is 21.1 Å². The summed E-state index contributed by atoms with van der Waals surface area (Å²) in [4.78, 5) is 4.09. The number of ether oxygens (including phenoxy) is 2. The van der Waals surface area contributed by atoms with Crippen molar-refractivity contribution in [2.45, 2.75) is 6.61 Å². The number of methoxy groups -OCH3 is 1. The Labute approximate surface area is 154 Å². The van der Waals surface area contributed by atoms with Crippen LogP contribution in [0, 0.1) is 0 Å². The molecule has 0 fully saturated rings. The van der Waals surface area contributed by atoms with Gasteiger partial charge in [-0.2, -0.15) is 5.10 Å². The molecule has 7 heteroatoms. The average Bonchev–Trinajstić information content (AvgIpc) is 3.15. The van der Waals surface area contributed by atoms with E-state index in [1.54, 1.807) is 19.5 Å². The van der Waals surface area contributed by atoms with Gasteiger partial charge in [0.2, 0.25) is 5.13 Å². The van der Waals surface area contributed by atoms with Gasteiger partial charge in [0, 0.05) is 16.6 Å². The smallest absolute Gasteiger partial charge is 0.203 e. The maximum Gasteiger partial charge on any atom is 0.203 e. The fraction of sp³-hybridized carbons (Fsp3) is 0.111. The molecule has 5 nitrogen and oxygen atoms in total. The Bertz CT molecular complexity index is 836. The van der Waals surface area contributed by atoms with Crippen LogP contribution in [0.3, 0.4) is 0 Å². The van der Waals surface area contributed by atoms with E-state index < -0.39 is 0 Å². The van der Waals surface area contributed by atoms with E-state index in [1.165, 1.54) is 11.3 Å². The molecule has 3 rings (SSSR count). The lowest BCUT2D eigenvalue weighted by molar-refractivity contribution is 0.284. The lowest BCUT2D eigenvalue weighted by Gasteiger charge is -2.11. The standard InChI is InChI=1S/C18H16ClN3O2S/c1-23-17-10-14(11-21-22-18-20-8-9-25-18)4-7-16(17)24-12-13-2-5-15(19)6-3-13/h2-11H,12H2,1H3,(H,20,22)/b21-11-. The summed E-state index contributed by atoms with van der Waals surface area (Å²) >= 11 is 7.37. The molecule has 0 amide bonds. The molecule has 1 N–H and O–H groups in total. The molecule has 1 aromatic heterocycles. The minimum absolute atomic E-state index is 0.437. The molecule has 3 aromatic rings. The zero-order valence-corrected chi connectivity index (χ0v) is 15.1. The van der Waals surface area contributed by atoms with Gasteiger partial charge in [0.25, 0.3) is 0 Å². The van der Waals surface area contributed by atoms with Crippen molar-refractivity contribution in [3.05, 3.63) is 70.2 Å². The van der Waals surface area contributed by atoms with E-state index in [2.05, 4.69) is 15.5 Å². The van der Waals surface area contributed by atoms with Crippen LogP contribution in [-0.4, -0.2) is 18.3 Å². The quantitative estimate of drug-likeness (QED) is 0.476. The van der Waals surface area contributed by atoms with Crippen LogP contribution in [0.4, 0.5) is 5.13 Å². The molecule has 0 saturated heterocycles. The van der Waals surface area contributed by atoms with Gasteiger partial charge in [0.15, 0.2) is 11.5 Å². The lowest BCUT2D eigenvalue weighted by atomic mass is 10.2. The molecule has 0 aliphatic rings. The minimum atomic E-state index is 0.437. The van der Waals surface area contributed by atoms with Gasteiger partial charge in [-0.3, -0.25) is 5.43 Å². The molecule has 25 heavy (non-hydrogen) atoms. The van der Waals surface area contributed by atoms with Crippen LogP contribution in [-0.2, 0) is 6.61 Å². The summed E-state index contributed by atoms with van der Waals surface area (Å²) in [6.45, 7) is 0.437. The first-order valence-electron chi connectivity index (χ1n) is 7.48. The zero-order chi connectivity index (χ0) is 17.5. The summed E-state index contributed by atoms with van der Waals surface area (Å²) in [7, 11) is 1.61. The van der Waals surface area contributed by atoms with E-state index in [0.717, 1.165) is 16.3 Å². The van der Waals surface area contributed by atoms with E-state index in [0.29, 0.717) is 23.1 Å². The van der Waals surface area contributed by atoms with Crippen LogP contribution in [0.2, 0.25) is 5.02 Å². The van der Waals surface area contributed by atoms with Crippen LogP contribution in [0.1, 0.15) is 11.1 Å². The summed E-state index contributed by atoms with van der Waals surface area (Å²) in [6.07, 6.45) is 3.42. The average molecular weight is 374 g/mol. The molecule has 0 spiro atoms. The Kier molecular flexibility index (Phi) is 5.87. The van der Waals surface area contributed by atoms with Gasteiger partial charge < -0.3 is 9.47 Å². The number of halogens is 1. The van der Waals surface area contributed by atoms with Crippen LogP contribution in [0.5, 0.6) is 11.5 Å². The Morgan fingerprint density at radius 1 is 1.20 bits per heavy atom. The van der Waals surface area contributed by atoms with Crippen LogP contribution in [0.25, 0.3) is 0 Å². The van der Waals surface area contributed by atoms with Crippen molar-refractivity contribution < 1.29 is 9.47 Å². The molecule has 128 valence electrons. The first kappa shape index (κ1) is 17.3. The maximum atomic E-state index is 5.89. The molecule has 0 bridgehead atoms. The fourth-order valence-electron chi connectivity index (χ4n) is 2.07. The van der Waals surface area contributed by atoms with Crippen LogP contribution >= 0.6 is 22.9 Å². The summed E-state index contributed by atoms with van der Waals surface area (Å²) in [5, 5.41) is 7.48. The van der Waals surface area contributed by atoms with Crippen LogP contribution in [0.15, 0.2) is 59.1 Å². The summed E-state index contributed by atoms with van der Waals surface area (Å²) < 4.78 is 11.2. The molecule has 0 saturated carbocycles. The first-order chi connectivity index (χ1) is 12.2. The highest BCUT2D eigenvalue weighted by Crippen LogP contribution is 2.28. The number of benzene rings is 2. The summed E-state index contributed by atoms with van der Waals surface area (Å²) in [6, 6.07) is 13.2. The number of hydrogen-bond acceptors (Lipinski definition) is 6. The molecule has 2 aromatic carbocycles. The Balaban J connectivity index is 1.64. The second-order valence-corrected chi connectivity index (χ2v) is 6.36. The van der Waals surface area contributed by atoms with Crippen molar-refractivity contribution in [3.63, 3.8) is 0 Å². The molecule has 0 aliphatic heterocycles. The van der Waals surface area contributed by atoms with Crippen molar-refractivity contribution in [1.29, 1.82) is 0 Å². The second kappa shape index (κ2) is 8.50. The first-order valence-corrected chi connectivity index (χ1v) is 8.74. The monoisotopic (exact) mass is 373 g/mol. The third kappa shape index (κ3) is 4.95. The van der Waals surface area contributed by atoms with Gasteiger partial charge in [-0.05, 0) is 41.5 Å². The SMILES string of the molecule is COc1cc(/C=N\Nc2nccs2)ccc1OCc1ccc(Cl)cc1. The number of nitrogens with zero attached hydrogens (tertiary/aromatic N) is 2. The molecule has 0 unspecified atom stereocenters. The number of hydrazone groups is 1. The Morgan fingerprint density at radius 2 is 2.04 bits per heavy atom. The van der Waals surface area contributed by atoms with Gasteiger partial charge in [-0.25, -0.2) is 4.98 Å². The van der Waals surface area contributed by atoms with E-state index in [9.17, 15) is 0 Å². The molecule has 0 aliphatic carbocycles. The predicted molar refractivity (Wildman–Crippen MR) is 102 cm³/mol. The molecular weight excluding hydrogens is 358 g/mol. The topological polar surface area (TPSA) is 55.7 Å². The largest absolute Gasteiger partial charge is 0.493 e. The van der Waals surface area contributed by atoms with Gasteiger partial charge in [0.05, 0.1) is 13.3 Å². The minimum Gasteiger partial charge on any atom is -0.493 e. The number of anilines is 1. The molecule has 0 radical (unpaired) electrons. The number of nitrogens with one attached hydrogen (secondary N) is 1. The van der Waals surface area contributed by atoms with E-state index >= 15 is 0 Å². The normalized spacial score (nSPS) is 10.8. The third-order valence-corrected chi connectivity index (χ3v) is 4.23. The van der Waals surface area contributed by atoms with Crippen molar-refractivity contribution in [2.75, 3.05) is 12.5 Å². The number of thiazole rings is 1. The van der Waals surface area contributed by atoms with Crippen molar-refractivity contribution >= 4 is 34.3 Å². The summed E-state index contributed by atoms with van der Waals surface area (Å²) in [5.41, 5.74) is 4.79. The van der Waals surface area contributed by atoms with Crippen LogP contribution < -0.4 is 14.9 Å². The van der Waals surface area contributed by atoms with Gasteiger partial charge in [-0.1, -0.05) is 23.7 Å². The van der Waals surface area contributed by atoms with E-state index in [-0.39, 0.29) is 0 Å². The number of rotatable bonds is 7. The highest BCUT2D eigenvalue weighted by Gasteiger charge is 2.06. The zero-order valence-electron chi connectivity index (χ0n) is 13.5. The molecule has 1 heterocycles. The molecular formula is C18H16ClN3O2S. The number of hydrogen-bond donors (Lipinski definition) is 1.